The minimum atomic E-state index is -1.63. The SMILES string of the molecule is CCc1c(F)ccc(OC(=O)O)c1F. The number of rotatable bonds is 2. The number of halogens is 2. The van der Waals surface area contributed by atoms with Gasteiger partial charge in [-0.15, -0.1) is 0 Å². The van der Waals surface area contributed by atoms with Crippen molar-refractivity contribution in [3.05, 3.63) is 29.3 Å². The van der Waals surface area contributed by atoms with Crippen molar-refractivity contribution < 1.29 is 23.4 Å². The van der Waals surface area contributed by atoms with Crippen LogP contribution in [0.3, 0.4) is 0 Å². The van der Waals surface area contributed by atoms with E-state index in [1.807, 2.05) is 0 Å². The van der Waals surface area contributed by atoms with E-state index in [1.54, 1.807) is 6.92 Å². The minimum absolute atomic E-state index is 0.133. The molecule has 0 atom stereocenters. The lowest BCUT2D eigenvalue weighted by Gasteiger charge is -2.06. The van der Waals surface area contributed by atoms with E-state index < -0.39 is 23.5 Å². The van der Waals surface area contributed by atoms with Crippen molar-refractivity contribution in [2.24, 2.45) is 0 Å². The summed E-state index contributed by atoms with van der Waals surface area (Å²) in [6.07, 6.45) is -1.49. The summed E-state index contributed by atoms with van der Waals surface area (Å²) < 4.78 is 30.3. The molecular weight excluding hydrogens is 194 g/mol. The zero-order chi connectivity index (χ0) is 10.7. The van der Waals surface area contributed by atoms with Gasteiger partial charge in [-0.05, 0) is 18.6 Å². The average Bonchev–Trinajstić information content (AvgIpc) is 2.10. The van der Waals surface area contributed by atoms with Gasteiger partial charge in [-0.3, -0.25) is 0 Å². The lowest BCUT2D eigenvalue weighted by Crippen LogP contribution is -2.06. The standard InChI is InChI=1S/C9H8F2O3/c1-2-5-6(10)3-4-7(8(5)11)14-9(12)13/h3-4H,2H2,1H3,(H,12,13). The van der Waals surface area contributed by atoms with E-state index in [4.69, 9.17) is 5.11 Å². The molecule has 1 aromatic rings. The highest BCUT2D eigenvalue weighted by Gasteiger charge is 2.14. The topological polar surface area (TPSA) is 46.5 Å². The van der Waals surface area contributed by atoms with Crippen LogP contribution in [-0.2, 0) is 6.42 Å². The Labute approximate surface area is 78.9 Å². The molecule has 0 spiro atoms. The van der Waals surface area contributed by atoms with Crippen molar-refractivity contribution in [1.29, 1.82) is 0 Å². The number of carbonyl (C=O) groups is 1. The first kappa shape index (κ1) is 10.4. The van der Waals surface area contributed by atoms with Crippen LogP contribution in [0.4, 0.5) is 13.6 Å². The molecule has 0 saturated heterocycles. The molecule has 0 radical (unpaired) electrons. The molecule has 0 bridgehead atoms. The van der Waals surface area contributed by atoms with Gasteiger partial charge in [0.15, 0.2) is 11.6 Å². The second-order valence-electron chi connectivity index (χ2n) is 2.56. The van der Waals surface area contributed by atoms with Gasteiger partial charge in [0.2, 0.25) is 0 Å². The van der Waals surface area contributed by atoms with Crippen molar-refractivity contribution >= 4 is 6.16 Å². The molecule has 0 amide bonds. The van der Waals surface area contributed by atoms with E-state index >= 15 is 0 Å². The molecule has 1 aromatic carbocycles. The second kappa shape index (κ2) is 4.04. The Balaban J connectivity index is 3.14. The van der Waals surface area contributed by atoms with Gasteiger partial charge < -0.3 is 9.84 Å². The molecule has 1 rings (SSSR count). The number of hydrogen-bond acceptors (Lipinski definition) is 2. The van der Waals surface area contributed by atoms with Crippen LogP contribution in [0.2, 0.25) is 0 Å². The smallest absolute Gasteiger partial charge is 0.449 e. The number of ether oxygens (including phenoxy) is 1. The lowest BCUT2D eigenvalue weighted by atomic mass is 10.1. The van der Waals surface area contributed by atoms with E-state index in [0.29, 0.717) is 0 Å². The molecule has 0 aromatic heterocycles. The third kappa shape index (κ3) is 1.99. The molecular formula is C9H8F2O3. The Hall–Kier alpha value is -1.65. The fraction of sp³-hybridized carbons (Fsp3) is 0.222. The summed E-state index contributed by atoms with van der Waals surface area (Å²) in [5.74, 6) is -2.15. The van der Waals surface area contributed by atoms with Crippen LogP contribution in [-0.4, -0.2) is 11.3 Å². The highest BCUT2D eigenvalue weighted by Crippen LogP contribution is 2.23. The summed E-state index contributed by atoms with van der Waals surface area (Å²) in [7, 11) is 0. The number of benzene rings is 1. The van der Waals surface area contributed by atoms with E-state index in [0.717, 1.165) is 12.1 Å². The summed E-state index contributed by atoms with van der Waals surface area (Å²) in [5.41, 5.74) is -0.177. The highest BCUT2D eigenvalue weighted by molar-refractivity contribution is 5.61. The normalized spacial score (nSPS) is 9.93. The molecule has 0 fully saturated rings. The Morgan fingerprint density at radius 2 is 2.14 bits per heavy atom. The third-order valence-electron chi connectivity index (χ3n) is 1.70. The number of hydrogen-bond donors (Lipinski definition) is 1. The van der Waals surface area contributed by atoms with Gasteiger partial charge in [-0.2, -0.15) is 0 Å². The van der Waals surface area contributed by atoms with Crippen LogP contribution in [0.25, 0.3) is 0 Å². The van der Waals surface area contributed by atoms with Crippen molar-refractivity contribution in [1.82, 2.24) is 0 Å². The fourth-order valence-corrected chi connectivity index (χ4v) is 1.07. The van der Waals surface area contributed by atoms with Gasteiger partial charge >= 0.3 is 6.16 Å². The van der Waals surface area contributed by atoms with Gasteiger partial charge in [-0.25, -0.2) is 13.6 Å². The maximum absolute atomic E-state index is 13.3. The van der Waals surface area contributed by atoms with E-state index in [-0.39, 0.29) is 12.0 Å². The van der Waals surface area contributed by atoms with Crippen LogP contribution in [0, 0.1) is 11.6 Å². The summed E-state index contributed by atoms with van der Waals surface area (Å²) in [4.78, 5) is 10.1. The van der Waals surface area contributed by atoms with Crippen LogP contribution >= 0.6 is 0 Å². The summed E-state index contributed by atoms with van der Waals surface area (Å²) >= 11 is 0. The quantitative estimate of drug-likeness (QED) is 0.592. The number of carboxylic acid groups (broad SMARTS) is 1. The van der Waals surface area contributed by atoms with Gasteiger partial charge in [0.1, 0.15) is 5.82 Å². The minimum Gasteiger partial charge on any atom is -0.449 e. The zero-order valence-electron chi connectivity index (χ0n) is 7.38. The Kier molecular flexibility index (Phi) is 3.01. The molecule has 0 unspecified atom stereocenters. The largest absolute Gasteiger partial charge is 0.511 e. The first-order valence-electron chi connectivity index (χ1n) is 3.94. The van der Waals surface area contributed by atoms with Gasteiger partial charge in [0.25, 0.3) is 0 Å². The predicted molar refractivity (Wildman–Crippen MR) is 44.4 cm³/mol. The second-order valence-corrected chi connectivity index (χ2v) is 2.56. The van der Waals surface area contributed by atoms with Crippen molar-refractivity contribution in [3.63, 3.8) is 0 Å². The molecule has 0 aliphatic carbocycles. The van der Waals surface area contributed by atoms with Crippen molar-refractivity contribution in [2.75, 3.05) is 0 Å². The molecule has 3 nitrogen and oxygen atoms in total. The first-order valence-corrected chi connectivity index (χ1v) is 3.94. The Morgan fingerprint density at radius 1 is 1.50 bits per heavy atom. The maximum atomic E-state index is 13.3. The summed E-state index contributed by atoms with van der Waals surface area (Å²) in [6, 6.07) is 1.91. The fourth-order valence-electron chi connectivity index (χ4n) is 1.07. The van der Waals surface area contributed by atoms with E-state index in [9.17, 15) is 13.6 Å². The van der Waals surface area contributed by atoms with Crippen LogP contribution in [0.15, 0.2) is 12.1 Å². The van der Waals surface area contributed by atoms with Gasteiger partial charge in [0, 0.05) is 5.56 Å². The van der Waals surface area contributed by atoms with E-state index in [1.165, 1.54) is 0 Å². The van der Waals surface area contributed by atoms with Crippen LogP contribution < -0.4 is 4.74 Å². The van der Waals surface area contributed by atoms with Gasteiger partial charge in [-0.1, -0.05) is 6.92 Å². The van der Waals surface area contributed by atoms with E-state index in [2.05, 4.69) is 4.74 Å². The molecule has 5 heteroatoms. The Bertz CT molecular complexity index is 363. The molecule has 0 saturated carbocycles. The average molecular weight is 202 g/mol. The molecule has 14 heavy (non-hydrogen) atoms. The van der Waals surface area contributed by atoms with Crippen molar-refractivity contribution in [2.45, 2.75) is 13.3 Å². The maximum Gasteiger partial charge on any atom is 0.511 e. The summed E-state index contributed by atoms with van der Waals surface area (Å²) in [6.45, 7) is 1.56. The molecule has 0 aliphatic rings. The lowest BCUT2D eigenvalue weighted by molar-refractivity contribution is 0.142. The Morgan fingerprint density at radius 3 is 2.64 bits per heavy atom. The molecule has 1 N–H and O–H groups in total. The monoisotopic (exact) mass is 202 g/mol. The highest BCUT2D eigenvalue weighted by atomic mass is 19.1. The molecule has 0 aliphatic heterocycles. The third-order valence-corrected chi connectivity index (χ3v) is 1.70. The zero-order valence-corrected chi connectivity index (χ0v) is 7.38. The first-order chi connectivity index (χ1) is 6.56. The molecule has 76 valence electrons. The van der Waals surface area contributed by atoms with Crippen LogP contribution in [0.1, 0.15) is 12.5 Å². The van der Waals surface area contributed by atoms with Gasteiger partial charge in [0.05, 0.1) is 0 Å². The predicted octanol–water partition coefficient (Wildman–Crippen LogP) is 2.58. The van der Waals surface area contributed by atoms with Crippen LogP contribution in [0.5, 0.6) is 5.75 Å². The van der Waals surface area contributed by atoms with Crippen molar-refractivity contribution in [3.8, 4) is 5.75 Å². The molecule has 0 heterocycles. The summed E-state index contributed by atoms with van der Waals surface area (Å²) in [5, 5.41) is 8.24.